The van der Waals surface area contributed by atoms with E-state index in [0.29, 0.717) is 5.92 Å². The summed E-state index contributed by atoms with van der Waals surface area (Å²) < 4.78 is 3.22. The van der Waals surface area contributed by atoms with E-state index >= 15 is 0 Å². The SMILES string of the molecule is CCNCC(C)CCc1c(Br)c(CC)nn1C. The molecule has 0 amide bonds. The summed E-state index contributed by atoms with van der Waals surface area (Å²) in [7, 11) is 2.04. The van der Waals surface area contributed by atoms with E-state index in [0.717, 1.165) is 25.9 Å². The molecule has 1 aromatic rings. The molecule has 1 rings (SSSR count). The number of aryl methyl sites for hydroxylation is 2. The Kier molecular flexibility index (Phi) is 6.20. The first kappa shape index (κ1) is 14.7. The molecule has 0 radical (unpaired) electrons. The molecule has 0 saturated carbocycles. The Labute approximate surface area is 113 Å². The molecule has 1 atom stereocenters. The Morgan fingerprint density at radius 2 is 2.12 bits per heavy atom. The third-order valence-corrected chi connectivity index (χ3v) is 4.04. The molecule has 3 nitrogen and oxygen atoms in total. The van der Waals surface area contributed by atoms with Crippen molar-refractivity contribution in [1.29, 1.82) is 0 Å². The Morgan fingerprint density at radius 1 is 1.41 bits per heavy atom. The van der Waals surface area contributed by atoms with Crippen molar-refractivity contribution in [2.24, 2.45) is 13.0 Å². The summed E-state index contributed by atoms with van der Waals surface area (Å²) in [6, 6.07) is 0. The largest absolute Gasteiger partial charge is 0.317 e. The Hall–Kier alpha value is -0.350. The van der Waals surface area contributed by atoms with Gasteiger partial charge < -0.3 is 5.32 Å². The van der Waals surface area contributed by atoms with E-state index in [4.69, 9.17) is 0 Å². The number of nitrogens with one attached hydrogen (secondary N) is 1. The van der Waals surface area contributed by atoms with Gasteiger partial charge in [-0.3, -0.25) is 4.68 Å². The van der Waals surface area contributed by atoms with Gasteiger partial charge in [-0.1, -0.05) is 20.8 Å². The van der Waals surface area contributed by atoms with E-state index in [2.05, 4.69) is 47.1 Å². The highest BCUT2D eigenvalue weighted by atomic mass is 79.9. The van der Waals surface area contributed by atoms with Gasteiger partial charge >= 0.3 is 0 Å². The zero-order valence-corrected chi connectivity index (χ0v) is 13.0. The van der Waals surface area contributed by atoms with Crippen LogP contribution in [-0.4, -0.2) is 22.9 Å². The van der Waals surface area contributed by atoms with E-state index in [1.807, 2.05) is 11.7 Å². The van der Waals surface area contributed by atoms with Crippen molar-refractivity contribution in [2.75, 3.05) is 13.1 Å². The minimum atomic E-state index is 0.710. The van der Waals surface area contributed by atoms with Crippen LogP contribution in [0.25, 0.3) is 0 Å². The predicted molar refractivity (Wildman–Crippen MR) is 76.3 cm³/mol. The lowest BCUT2D eigenvalue weighted by atomic mass is 10.0. The topological polar surface area (TPSA) is 29.9 Å². The van der Waals surface area contributed by atoms with Crippen molar-refractivity contribution in [3.05, 3.63) is 15.9 Å². The minimum absolute atomic E-state index is 0.710. The van der Waals surface area contributed by atoms with Crippen molar-refractivity contribution >= 4 is 15.9 Å². The molecule has 17 heavy (non-hydrogen) atoms. The van der Waals surface area contributed by atoms with Gasteiger partial charge in [-0.2, -0.15) is 5.10 Å². The lowest BCUT2D eigenvalue weighted by molar-refractivity contribution is 0.481. The summed E-state index contributed by atoms with van der Waals surface area (Å²) in [6.07, 6.45) is 3.28. The quantitative estimate of drug-likeness (QED) is 0.839. The van der Waals surface area contributed by atoms with Crippen LogP contribution in [0.15, 0.2) is 4.47 Å². The Balaban J connectivity index is 2.54. The zero-order chi connectivity index (χ0) is 12.8. The second-order valence-corrected chi connectivity index (χ2v) is 5.43. The van der Waals surface area contributed by atoms with Crippen LogP contribution in [0, 0.1) is 5.92 Å². The Bertz CT molecular complexity index is 347. The van der Waals surface area contributed by atoms with Crippen LogP contribution < -0.4 is 5.32 Å². The molecule has 98 valence electrons. The molecule has 0 aliphatic heterocycles. The molecule has 1 N–H and O–H groups in total. The van der Waals surface area contributed by atoms with E-state index < -0.39 is 0 Å². The van der Waals surface area contributed by atoms with Gasteiger partial charge in [0.15, 0.2) is 0 Å². The summed E-state index contributed by atoms with van der Waals surface area (Å²) in [5.74, 6) is 0.710. The first-order chi connectivity index (χ1) is 8.10. The molecule has 0 aliphatic carbocycles. The highest BCUT2D eigenvalue weighted by Crippen LogP contribution is 2.23. The summed E-state index contributed by atoms with van der Waals surface area (Å²) in [5.41, 5.74) is 2.49. The summed E-state index contributed by atoms with van der Waals surface area (Å²) in [6.45, 7) is 8.75. The smallest absolute Gasteiger partial charge is 0.0766 e. The lowest BCUT2D eigenvalue weighted by Gasteiger charge is -2.11. The number of nitrogens with zero attached hydrogens (tertiary/aromatic N) is 2. The predicted octanol–water partition coefficient (Wildman–Crippen LogP) is 2.92. The van der Waals surface area contributed by atoms with E-state index in [1.165, 1.54) is 22.3 Å². The van der Waals surface area contributed by atoms with Crippen molar-refractivity contribution in [3.63, 3.8) is 0 Å². The number of rotatable bonds is 7. The fraction of sp³-hybridized carbons (Fsp3) is 0.769. The van der Waals surface area contributed by atoms with Crippen molar-refractivity contribution in [2.45, 2.75) is 40.0 Å². The molecule has 0 aromatic carbocycles. The molecule has 0 bridgehead atoms. The minimum Gasteiger partial charge on any atom is -0.317 e. The molecule has 0 saturated heterocycles. The van der Waals surface area contributed by atoms with E-state index in [-0.39, 0.29) is 0 Å². The van der Waals surface area contributed by atoms with Gasteiger partial charge in [-0.05, 0) is 54.2 Å². The second-order valence-electron chi connectivity index (χ2n) is 4.64. The monoisotopic (exact) mass is 301 g/mol. The van der Waals surface area contributed by atoms with Gasteiger partial charge in [0.25, 0.3) is 0 Å². The van der Waals surface area contributed by atoms with Crippen molar-refractivity contribution in [1.82, 2.24) is 15.1 Å². The van der Waals surface area contributed by atoms with Crippen LogP contribution in [0.4, 0.5) is 0 Å². The zero-order valence-electron chi connectivity index (χ0n) is 11.4. The molecule has 0 spiro atoms. The number of hydrogen-bond donors (Lipinski definition) is 1. The van der Waals surface area contributed by atoms with Gasteiger partial charge in [0.05, 0.1) is 15.9 Å². The van der Waals surface area contributed by atoms with Crippen LogP contribution in [0.1, 0.15) is 38.6 Å². The molecule has 1 heterocycles. The van der Waals surface area contributed by atoms with Gasteiger partial charge in [0, 0.05) is 7.05 Å². The van der Waals surface area contributed by atoms with Gasteiger partial charge in [0.2, 0.25) is 0 Å². The molecular formula is C13H24BrN3. The molecule has 0 aliphatic rings. The third-order valence-electron chi connectivity index (χ3n) is 3.12. The first-order valence-corrected chi connectivity index (χ1v) is 7.30. The number of halogens is 1. The van der Waals surface area contributed by atoms with Gasteiger partial charge in [-0.15, -0.1) is 0 Å². The van der Waals surface area contributed by atoms with Crippen LogP contribution in [0.3, 0.4) is 0 Å². The van der Waals surface area contributed by atoms with Crippen molar-refractivity contribution in [3.8, 4) is 0 Å². The third kappa shape index (κ3) is 4.11. The van der Waals surface area contributed by atoms with E-state index in [1.54, 1.807) is 0 Å². The number of aromatic nitrogens is 2. The lowest BCUT2D eigenvalue weighted by Crippen LogP contribution is -2.21. The maximum atomic E-state index is 4.52. The molecule has 4 heteroatoms. The summed E-state index contributed by atoms with van der Waals surface area (Å²) >= 11 is 3.67. The summed E-state index contributed by atoms with van der Waals surface area (Å²) in [5, 5.41) is 7.92. The van der Waals surface area contributed by atoms with E-state index in [9.17, 15) is 0 Å². The van der Waals surface area contributed by atoms with Crippen LogP contribution >= 0.6 is 15.9 Å². The maximum Gasteiger partial charge on any atom is 0.0766 e. The Morgan fingerprint density at radius 3 is 2.65 bits per heavy atom. The van der Waals surface area contributed by atoms with Crippen LogP contribution in [0.5, 0.6) is 0 Å². The number of hydrogen-bond acceptors (Lipinski definition) is 2. The molecule has 1 aromatic heterocycles. The molecule has 0 fully saturated rings. The molecule has 1 unspecified atom stereocenters. The normalized spacial score (nSPS) is 13.0. The van der Waals surface area contributed by atoms with Crippen molar-refractivity contribution < 1.29 is 0 Å². The second kappa shape index (κ2) is 7.17. The fourth-order valence-electron chi connectivity index (χ4n) is 1.97. The van der Waals surface area contributed by atoms with Gasteiger partial charge in [0.1, 0.15) is 0 Å². The fourth-order valence-corrected chi connectivity index (χ4v) is 2.78. The standard InChI is InChI=1S/C13H24BrN3/c1-5-11-13(14)12(17(4)16-11)8-7-10(3)9-15-6-2/h10,15H,5-9H2,1-4H3. The molecular weight excluding hydrogens is 278 g/mol. The van der Waals surface area contributed by atoms with Crippen LogP contribution in [0.2, 0.25) is 0 Å². The highest BCUT2D eigenvalue weighted by Gasteiger charge is 2.13. The average molecular weight is 302 g/mol. The van der Waals surface area contributed by atoms with Crippen LogP contribution in [-0.2, 0) is 19.9 Å². The summed E-state index contributed by atoms with van der Waals surface area (Å²) in [4.78, 5) is 0. The maximum absolute atomic E-state index is 4.52. The van der Waals surface area contributed by atoms with Gasteiger partial charge in [-0.25, -0.2) is 0 Å². The first-order valence-electron chi connectivity index (χ1n) is 6.51. The highest BCUT2D eigenvalue weighted by molar-refractivity contribution is 9.10. The average Bonchev–Trinajstić information content (AvgIpc) is 2.59.